The first-order valence-electron chi connectivity index (χ1n) is 10.0. The molecule has 1 amide bonds. The van der Waals surface area contributed by atoms with Crippen molar-refractivity contribution in [3.8, 4) is 0 Å². The number of halogens is 2. The molecule has 2 fully saturated rings. The van der Waals surface area contributed by atoms with E-state index in [0.29, 0.717) is 23.1 Å². The molecular formula is C19H26F2N6O2. The minimum absolute atomic E-state index is 0.0294. The molecular weight excluding hydrogens is 382 g/mol. The van der Waals surface area contributed by atoms with E-state index in [1.807, 2.05) is 6.92 Å². The third kappa shape index (κ3) is 4.17. The van der Waals surface area contributed by atoms with Gasteiger partial charge in [-0.1, -0.05) is 0 Å². The Morgan fingerprint density at radius 3 is 2.62 bits per heavy atom. The van der Waals surface area contributed by atoms with Crippen molar-refractivity contribution in [1.29, 1.82) is 0 Å². The van der Waals surface area contributed by atoms with Gasteiger partial charge in [0.05, 0.1) is 5.69 Å². The predicted octanol–water partition coefficient (Wildman–Crippen LogP) is 1.63. The van der Waals surface area contributed by atoms with Crippen LogP contribution in [0.25, 0.3) is 5.65 Å². The summed E-state index contributed by atoms with van der Waals surface area (Å²) in [6.07, 6.45) is 3.41. The number of piperidine rings is 1. The molecule has 2 aliphatic rings. The summed E-state index contributed by atoms with van der Waals surface area (Å²) in [6.45, 7) is 2.22. The van der Waals surface area contributed by atoms with E-state index in [1.165, 1.54) is 0 Å². The van der Waals surface area contributed by atoms with Crippen molar-refractivity contribution in [2.45, 2.75) is 76.4 Å². The Balaban J connectivity index is 1.61. The first-order chi connectivity index (χ1) is 13.7. The fraction of sp³-hybridized carbons (Fsp3) is 0.684. The van der Waals surface area contributed by atoms with Crippen molar-refractivity contribution in [1.82, 2.24) is 24.9 Å². The maximum absolute atomic E-state index is 13.2. The second-order valence-electron chi connectivity index (χ2n) is 8.23. The van der Waals surface area contributed by atoms with Crippen molar-refractivity contribution >= 4 is 17.5 Å². The zero-order valence-corrected chi connectivity index (χ0v) is 16.6. The zero-order chi connectivity index (χ0) is 20.8. The van der Waals surface area contributed by atoms with Gasteiger partial charge in [-0.25, -0.2) is 13.8 Å². The standard InChI is InChI=1S/C19H26F2N6O2/c1-11-22-16-9-12(5-6-19(2,20)21)25-27(16)18(23-11)26-14-3-4-15(26)8-13(7-14)24-17(29)10-28/h9,13-15,28H,3-8,10H2,1-2H3,(H,24,29)/t13?,14-,15?/m1/s1. The number of amides is 1. The Kier molecular flexibility index (Phi) is 5.14. The molecule has 0 aromatic carbocycles. The maximum Gasteiger partial charge on any atom is 0.245 e. The van der Waals surface area contributed by atoms with Crippen molar-refractivity contribution in [2.75, 3.05) is 11.5 Å². The summed E-state index contributed by atoms with van der Waals surface area (Å²) in [5, 5.41) is 16.4. The van der Waals surface area contributed by atoms with Crippen molar-refractivity contribution in [3.05, 3.63) is 17.6 Å². The second kappa shape index (κ2) is 7.47. The number of aromatic nitrogens is 4. The van der Waals surface area contributed by atoms with E-state index < -0.39 is 12.5 Å². The van der Waals surface area contributed by atoms with E-state index in [4.69, 9.17) is 5.11 Å². The number of hydrogen-bond acceptors (Lipinski definition) is 6. The van der Waals surface area contributed by atoms with E-state index in [0.717, 1.165) is 32.6 Å². The average Bonchev–Trinajstić information content (AvgIpc) is 3.17. The predicted molar refractivity (Wildman–Crippen MR) is 102 cm³/mol. The molecule has 2 bridgehead atoms. The second-order valence-corrected chi connectivity index (χ2v) is 8.23. The quantitative estimate of drug-likeness (QED) is 0.754. The van der Waals surface area contributed by atoms with E-state index in [1.54, 1.807) is 10.6 Å². The fourth-order valence-corrected chi connectivity index (χ4v) is 4.56. The largest absolute Gasteiger partial charge is 0.387 e. The van der Waals surface area contributed by atoms with Gasteiger partial charge in [0.15, 0.2) is 5.65 Å². The van der Waals surface area contributed by atoms with Crippen LogP contribution in [0.2, 0.25) is 0 Å². The molecule has 2 N–H and O–H groups in total. The molecule has 0 radical (unpaired) electrons. The van der Waals surface area contributed by atoms with Gasteiger partial charge in [-0.2, -0.15) is 14.6 Å². The molecule has 2 aromatic heterocycles. The molecule has 2 unspecified atom stereocenters. The summed E-state index contributed by atoms with van der Waals surface area (Å²) >= 11 is 0. The maximum atomic E-state index is 13.2. The van der Waals surface area contributed by atoms with Gasteiger partial charge < -0.3 is 15.3 Å². The van der Waals surface area contributed by atoms with Crippen LogP contribution < -0.4 is 10.2 Å². The first kappa shape index (κ1) is 19.9. The smallest absolute Gasteiger partial charge is 0.245 e. The highest BCUT2D eigenvalue weighted by Crippen LogP contribution is 2.38. The zero-order valence-electron chi connectivity index (χ0n) is 16.6. The highest BCUT2D eigenvalue weighted by Gasteiger charge is 2.43. The van der Waals surface area contributed by atoms with Crippen LogP contribution in [0, 0.1) is 6.92 Å². The van der Waals surface area contributed by atoms with E-state index in [-0.39, 0.29) is 36.9 Å². The average molecular weight is 408 g/mol. The Hall–Kier alpha value is -2.36. The van der Waals surface area contributed by atoms with Gasteiger partial charge in [-0.05, 0) is 46.0 Å². The summed E-state index contributed by atoms with van der Waals surface area (Å²) in [7, 11) is 0. The number of nitrogens with zero attached hydrogens (tertiary/aromatic N) is 5. The Labute approximate surface area is 167 Å². The number of alkyl halides is 2. The normalized spacial score (nSPS) is 24.3. The molecule has 29 heavy (non-hydrogen) atoms. The Bertz CT molecular complexity index is 898. The van der Waals surface area contributed by atoms with Gasteiger partial charge in [-0.15, -0.1) is 0 Å². The van der Waals surface area contributed by atoms with Crippen molar-refractivity contribution < 1.29 is 18.7 Å². The highest BCUT2D eigenvalue weighted by molar-refractivity contribution is 5.77. The molecule has 0 aliphatic carbocycles. The van der Waals surface area contributed by atoms with Gasteiger partial charge in [0, 0.05) is 30.6 Å². The lowest BCUT2D eigenvalue weighted by Crippen LogP contribution is -2.51. The highest BCUT2D eigenvalue weighted by atomic mass is 19.3. The molecule has 2 saturated heterocycles. The number of rotatable bonds is 6. The minimum Gasteiger partial charge on any atom is -0.387 e. The SMILES string of the molecule is Cc1nc(N2C3CC[C@@H]2CC(NC(=O)CO)C3)n2nc(CCC(C)(F)F)cc2n1. The van der Waals surface area contributed by atoms with Gasteiger partial charge in [0.2, 0.25) is 17.8 Å². The van der Waals surface area contributed by atoms with Crippen LogP contribution in [0.3, 0.4) is 0 Å². The van der Waals surface area contributed by atoms with Crippen LogP contribution in [0.1, 0.15) is 50.5 Å². The Morgan fingerprint density at radius 2 is 2.00 bits per heavy atom. The van der Waals surface area contributed by atoms with Crippen LogP contribution in [0.4, 0.5) is 14.7 Å². The molecule has 0 saturated carbocycles. The van der Waals surface area contributed by atoms with Gasteiger partial charge in [0.1, 0.15) is 12.4 Å². The van der Waals surface area contributed by atoms with Crippen LogP contribution in [0.15, 0.2) is 6.07 Å². The molecule has 0 spiro atoms. The first-order valence-corrected chi connectivity index (χ1v) is 10.0. The number of nitrogens with one attached hydrogen (secondary N) is 1. The fourth-order valence-electron chi connectivity index (χ4n) is 4.56. The van der Waals surface area contributed by atoms with Crippen LogP contribution in [-0.2, 0) is 11.2 Å². The number of aliphatic hydroxyl groups excluding tert-OH is 1. The number of fused-ring (bicyclic) bond motifs is 3. The number of anilines is 1. The molecule has 4 rings (SSSR count). The van der Waals surface area contributed by atoms with Crippen LogP contribution in [-0.4, -0.2) is 61.3 Å². The molecule has 2 aliphatic heterocycles. The van der Waals surface area contributed by atoms with E-state index in [2.05, 4.69) is 25.3 Å². The third-order valence-corrected chi connectivity index (χ3v) is 5.76. The van der Waals surface area contributed by atoms with E-state index in [9.17, 15) is 13.6 Å². The monoisotopic (exact) mass is 408 g/mol. The summed E-state index contributed by atoms with van der Waals surface area (Å²) in [4.78, 5) is 22.9. The molecule has 3 atom stereocenters. The minimum atomic E-state index is -2.74. The molecule has 4 heterocycles. The summed E-state index contributed by atoms with van der Waals surface area (Å²) in [5.41, 5.74) is 1.18. The summed E-state index contributed by atoms with van der Waals surface area (Å²) in [6, 6.07) is 2.17. The molecule has 10 heteroatoms. The molecule has 8 nitrogen and oxygen atoms in total. The van der Waals surface area contributed by atoms with E-state index >= 15 is 0 Å². The third-order valence-electron chi connectivity index (χ3n) is 5.76. The summed E-state index contributed by atoms with van der Waals surface area (Å²) in [5.74, 6) is -1.80. The van der Waals surface area contributed by atoms with Gasteiger partial charge >= 0.3 is 0 Å². The number of carbonyl (C=O) groups is 1. The lowest BCUT2D eigenvalue weighted by Gasteiger charge is -2.39. The lowest BCUT2D eigenvalue weighted by atomic mass is 9.97. The number of aliphatic hydroxyl groups is 1. The topological polar surface area (TPSA) is 95.7 Å². The summed E-state index contributed by atoms with van der Waals surface area (Å²) < 4.78 is 28.2. The number of aryl methyl sites for hydroxylation is 2. The van der Waals surface area contributed by atoms with Crippen LogP contribution >= 0.6 is 0 Å². The molecule has 158 valence electrons. The Morgan fingerprint density at radius 1 is 1.31 bits per heavy atom. The molecule has 2 aromatic rings. The number of hydrogen-bond donors (Lipinski definition) is 2. The lowest BCUT2D eigenvalue weighted by molar-refractivity contribution is -0.124. The number of carbonyl (C=O) groups excluding carboxylic acids is 1. The van der Waals surface area contributed by atoms with Crippen molar-refractivity contribution in [2.24, 2.45) is 0 Å². The van der Waals surface area contributed by atoms with Crippen molar-refractivity contribution in [3.63, 3.8) is 0 Å². The van der Waals surface area contributed by atoms with Gasteiger partial charge in [-0.3, -0.25) is 4.79 Å². The van der Waals surface area contributed by atoms with Crippen LogP contribution in [0.5, 0.6) is 0 Å². The van der Waals surface area contributed by atoms with Gasteiger partial charge in [0.25, 0.3) is 0 Å².